The average Bonchev–Trinajstić information content (AvgIpc) is 2.86. The van der Waals surface area contributed by atoms with Crippen LogP contribution in [0.4, 0.5) is 18.9 Å². The van der Waals surface area contributed by atoms with Gasteiger partial charge in [0.1, 0.15) is 17.2 Å². The Morgan fingerprint density at radius 2 is 1.72 bits per heavy atom. The molecule has 0 fully saturated rings. The molecule has 1 unspecified atom stereocenters. The average molecular weight is 501 g/mol. The highest BCUT2D eigenvalue weighted by atomic mass is 19.4. The molecular formula is C27H27F3N2O4. The van der Waals surface area contributed by atoms with Gasteiger partial charge < -0.3 is 24.0 Å². The van der Waals surface area contributed by atoms with Crippen LogP contribution in [0.15, 0.2) is 60.7 Å². The van der Waals surface area contributed by atoms with Crippen molar-refractivity contribution in [3.05, 3.63) is 82.9 Å². The minimum atomic E-state index is -4.84. The van der Waals surface area contributed by atoms with Crippen LogP contribution in [0.25, 0.3) is 0 Å². The van der Waals surface area contributed by atoms with Gasteiger partial charge in [-0.05, 0) is 53.9 Å². The van der Waals surface area contributed by atoms with Crippen molar-refractivity contribution in [2.75, 3.05) is 39.8 Å². The van der Waals surface area contributed by atoms with Crippen LogP contribution in [0.1, 0.15) is 33.1 Å². The van der Waals surface area contributed by atoms with Gasteiger partial charge in [0.2, 0.25) is 0 Å². The molecule has 9 heteroatoms. The fourth-order valence-corrected chi connectivity index (χ4v) is 4.52. The van der Waals surface area contributed by atoms with E-state index in [4.69, 9.17) is 9.47 Å². The monoisotopic (exact) mass is 500 g/mol. The van der Waals surface area contributed by atoms with Crippen molar-refractivity contribution >= 4 is 11.6 Å². The summed E-state index contributed by atoms with van der Waals surface area (Å²) in [5.41, 5.74) is 3.40. The maximum Gasteiger partial charge on any atom is 0.573 e. The molecule has 0 radical (unpaired) electrons. The summed E-state index contributed by atoms with van der Waals surface area (Å²) >= 11 is 0. The minimum absolute atomic E-state index is 0.241. The highest BCUT2D eigenvalue weighted by Crippen LogP contribution is 2.44. The van der Waals surface area contributed by atoms with Crippen molar-refractivity contribution < 1.29 is 32.2 Å². The Bertz CT molecular complexity index is 1240. The van der Waals surface area contributed by atoms with Crippen molar-refractivity contribution in [1.29, 1.82) is 0 Å². The molecule has 4 rings (SSSR count). The molecule has 1 heterocycles. The lowest BCUT2D eigenvalue weighted by molar-refractivity contribution is -0.274. The quantitative estimate of drug-likeness (QED) is 0.450. The molecule has 190 valence electrons. The number of rotatable bonds is 6. The van der Waals surface area contributed by atoms with Gasteiger partial charge in [0.25, 0.3) is 5.91 Å². The summed E-state index contributed by atoms with van der Waals surface area (Å²) in [6.45, 7) is 0.351. The number of fused-ring (bicyclic) bond motifs is 1. The number of methoxy groups -OCH3 is 2. The van der Waals surface area contributed by atoms with Gasteiger partial charge in [0, 0.05) is 43.5 Å². The van der Waals surface area contributed by atoms with Gasteiger partial charge >= 0.3 is 6.36 Å². The maximum absolute atomic E-state index is 13.8. The molecule has 1 aliphatic rings. The third-order valence-corrected chi connectivity index (χ3v) is 6.14. The van der Waals surface area contributed by atoms with Crippen LogP contribution in [-0.4, -0.2) is 52.0 Å². The number of hydrogen-bond donors (Lipinski definition) is 0. The third-order valence-electron chi connectivity index (χ3n) is 6.14. The zero-order valence-electron chi connectivity index (χ0n) is 20.4. The van der Waals surface area contributed by atoms with Crippen LogP contribution in [0.5, 0.6) is 17.2 Å². The number of hydrogen-bond acceptors (Lipinski definition) is 5. The first-order valence-corrected chi connectivity index (χ1v) is 11.3. The standard InChI is InChI=1S/C27H27F3N2O4/c1-31(2)20-9-5-8-19(13-20)26(33)32-12-11-17-14-22(34-3)16-23(35-4)24(17)25(32)18-7-6-10-21(15-18)36-27(28,29)30/h5-10,13-16,25H,11-12H2,1-4H3. The highest BCUT2D eigenvalue weighted by Gasteiger charge is 2.37. The van der Waals surface area contributed by atoms with Crippen molar-refractivity contribution in [3.63, 3.8) is 0 Å². The van der Waals surface area contributed by atoms with E-state index < -0.39 is 12.4 Å². The second-order valence-corrected chi connectivity index (χ2v) is 8.62. The van der Waals surface area contributed by atoms with Crippen molar-refractivity contribution in [2.45, 2.75) is 18.8 Å². The number of carbonyl (C=O) groups is 1. The van der Waals surface area contributed by atoms with Crippen LogP contribution in [-0.2, 0) is 6.42 Å². The fraction of sp³-hybridized carbons (Fsp3) is 0.296. The fourth-order valence-electron chi connectivity index (χ4n) is 4.52. The van der Waals surface area contributed by atoms with E-state index in [0.717, 1.165) is 11.3 Å². The van der Waals surface area contributed by atoms with E-state index in [0.29, 0.717) is 41.2 Å². The molecule has 0 spiro atoms. The van der Waals surface area contributed by atoms with Gasteiger partial charge in [-0.2, -0.15) is 0 Å². The Balaban J connectivity index is 1.86. The van der Waals surface area contributed by atoms with E-state index in [-0.39, 0.29) is 11.7 Å². The number of alkyl halides is 3. The topological polar surface area (TPSA) is 51.2 Å². The molecule has 3 aromatic rings. The summed E-state index contributed by atoms with van der Waals surface area (Å²) in [5, 5.41) is 0. The molecule has 0 bridgehead atoms. The van der Waals surface area contributed by atoms with Gasteiger partial charge in [-0.1, -0.05) is 18.2 Å². The van der Waals surface area contributed by atoms with Gasteiger partial charge in [-0.3, -0.25) is 4.79 Å². The third kappa shape index (κ3) is 5.19. The molecule has 6 nitrogen and oxygen atoms in total. The first-order valence-electron chi connectivity index (χ1n) is 11.3. The number of ether oxygens (including phenoxy) is 3. The Kier molecular flexibility index (Phi) is 7.01. The van der Waals surface area contributed by atoms with Crippen LogP contribution in [0.2, 0.25) is 0 Å². The highest BCUT2D eigenvalue weighted by molar-refractivity contribution is 5.96. The normalized spacial score (nSPS) is 15.2. The molecule has 1 atom stereocenters. The van der Waals surface area contributed by atoms with Gasteiger partial charge in [-0.15, -0.1) is 13.2 Å². The summed E-state index contributed by atoms with van der Waals surface area (Å²) in [6, 6.07) is 15.8. The molecule has 1 aliphatic heterocycles. The van der Waals surface area contributed by atoms with Crippen molar-refractivity contribution in [2.24, 2.45) is 0 Å². The lowest BCUT2D eigenvalue weighted by atomic mass is 9.86. The first kappa shape index (κ1) is 25.2. The van der Waals surface area contributed by atoms with Crippen molar-refractivity contribution in [1.82, 2.24) is 4.90 Å². The molecule has 36 heavy (non-hydrogen) atoms. The number of nitrogens with zero attached hydrogens (tertiary/aromatic N) is 2. The van der Waals surface area contributed by atoms with E-state index in [1.807, 2.05) is 31.1 Å². The van der Waals surface area contributed by atoms with Gasteiger partial charge in [-0.25, -0.2) is 0 Å². The zero-order chi connectivity index (χ0) is 26.0. The van der Waals surface area contributed by atoms with Gasteiger partial charge in [0.05, 0.1) is 20.3 Å². The summed E-state index contributed by atoms with van der Waals surface area (Å²) in [5.74, 6) is 0.476. The number of benzene rings is 3. The second kappa shape index (κ2) is 10.0. The molecule has 0 saturated heterocycles. The Morgan fingerprint density at radius 1 is 0.972 bits per heavy atom. The summed E-state index contributed by atoms with van der Waals surface area (Å²) < 4.78 is 54.1. The largest absolute Gasteiger partial charge is 0.573 e. The van der Waals surface area contributed by atoms with Crippen molar-refractivity contribution in [3.8, 4) is 17.2 Å². The second-order valence-electron chi connectivity index (χ2n) is 8.62. The SMILES string of the molecule is COc1cc2c(c(OC)c1)C(c1cccc(OC(F)(F)F)c1)N(C(=O)c1cccc(N(C)C)c1)CC2. The number of carbonyl (C=O) groups excluding carboxylic acids is 1. The maximum atomic E-state index is 13.8. The predicted molar refractivity (Wildman–Crippen MR) is 130 cm³/mol. The Morgan fingerprint density at radius 3 is 2.39 bits per heavy atom. The summed E-state index contributed by atoms with van der Waals surface area (Å²) in [6.07, 6.45) is -4.31. The zero-order valence-corrected chi connectivity index (χ0v) is 20.4. The van der Waals surface area contributed by atoms with Crippen LogP contribution >= 0.6 is 0 Å². The molecule has 0 aromatic heterocycles. The van der Waals surface area contributed by atoms with Crippen LogP contribution in [0, 0.1) is 0 Å². The number of amides is 1. The lowest BCUT2D eigenvalue weighted by Crippen LogP contribution is -2.41. The predicted octanol–water partition coefficient (Wildman–Crippen LogP) is 5.46. The van der Waals surface area contributed by atoms with E-state index >= 15 is 0 Å². The molecule has 3 aromatic carbocycles. The van der Waals surface area contributed by atoms with Crippen LogP contribution in [0.3, 0.4) is 0 Å². The van der Waals surface area contributed by atoms with Gasteiger partial charge in [0.15, 0.2) is 0 Å². The first-order chi connectivity index (χ1) is 17.1. The van der Waals surface area contributed by atoms with E-state index in [2.05, 4.69) is 4.74 Å². The number of anilines is 1. The molecule has 0 saturated carbocycles. The van der Waals surface area contributed by atoms with E-state index in [1.165, 1.54) is 25.3 Å². The molecule has 0 aliphatic carbocycles. The van der Waals surface area contributed by atoms with E-state index in [1.54, 1.807) is 42.3 Å². The smallest absolute Gasteiger partial charge is 0.497 e. The van der Waals surface area contributed by atoms with E-state index in [9.17, 15) is 18.0 Å². The molecular weight excluding hydrogens is 473 g/mol. The summed E-state index contributed by atoms with van der Waals surface area (Å²) in [4.78, 5) is 17.4. The minimum Gasteiger partial charge on any atom is -0.497 e. The lowest BCUT2D eigenvalue weighted by Gasteiger charge is -2.39. The number of halogens is 3. The molecule has 0 N–H and O–H groups in total. The summed E-state index contributed by atoms with van der Waals surface area (Å²) in [7, 11) is 6.82. The Hall–Kier alpha value is -3.88. The Labute approximate surface area is 207 Å². The van der Waals surface area contributed by atoms with Crippen LogP contribution < -0.4 is 19.1 Å². The molecule has 1 amide bonds.